The van der Waals surface area contributed by atoms with Crippen LogP contribution in [-0.2, 0) is 9.53 Å². The molecule has 21 heavy (non-hydrogen) atoms. The lowest BCUT2D eigenvalue weighted by atomic mass is 10.2. The van der Waals surface area contributed by atoms with E-state index in [1.165, 1.54) is 14.0 Å². The van der Waals surface area contributed by atoms with Crippen molar-refractivity contribution >= 4 is 17.7 Å². The number of hydrogen-bond donors (Lipinski definition) is 3. The third kappa shape index (κ3) is 5.35. The highest BCUT2D eigenvalue weighted by Gasteiger charge is 2.15. The molecular formula is C13H16F2N2O4. The number of carbonyl (C=O) groups excluding carboxylic acids is 1. The molecule has 0 spiro atoms. The van der Waals surface area contributed by atoms with E-state index in [0.717, 1.165) is 12.1 Å². The van der Waals surface area contributed by atoms with Gasteiger partial charge in [-0.3, -0.25) is 4.79 Å². The first-order valence-corrected chi connectivity index (χ1v) is 6.08. The molecule has 1 rings (SSSR count). The van der Waals surface area contributed by atoms with E-state index >= 15 is 0 Å². The van der Waals surface area contributed by atoms with Gasteiger partial charge in [0, 0.05) is 19.7 Å². The summed E-state index contributed by atoms with van der Waals surface area (Å²) in [4.78, 5) is 22.1. The number of aliphatic carboxylic acids is 1. The monoisotopic (exact) mass is 302 g/mol. The zero-order valence-corrected chi connectivity index (χ0v) is 11.6. The fraction of sp³-hybridized carbons (Fsp3) is 0.385. The molecule has 2 amide bonds. The molecule has 0 aliphatic heterocycles. The van der Waals surface area contributed by atoms with Crippen LogP contribution in [0, 0.1) is 18.6 Å². The van der Waals surface area contributed by atoms with Crippen molar-refractivity contribution in [1.29, 1.82) is 0 Å². The average Bonchev–Trinajstić information content (AvgIpc) is 2.40. The van der Waals surface area contributed by atoms with Crippen molar-refractivity contribution < 1.29 is 28.2 Å². The average molecular weight is 302 g/mol. The molecular weight excluding hydrogens is 286 g/mol. The number of amides is 2. The number of carboxylic acid groups (broad SMARTS) is 1. The number of halogens is 2. The maximum absolute atomic E-state index is 13.5. The van der Waals surface area contributed by atoms with Gasteiger partial charge in [0.1, 0.15) is 11.6 Å². The number of hydrogen-bond acceptors (Lipinski definition) is 3. The second-order valence-corrected chi connectivity index (χ2v) is 4.37. The van der Waals surface area contributed by atoms with Crippen LogP contribution in [0.25, 0.3) is 0 Å². The van der Waals surface area contributed by atoms with Crippen LogP contribution < -0.4 is 10.6 Å². The maximum atomic E-state index is 13.5. The fourth-order valence-electron chi connectivity index (χ4n) is 1.55. The minimum atomic E-state index is -1.07. The lowest BCUT2D eigenvalue weighted by Gasteiger charge is -2.14. The van der Waals surface area contributed by atoms with Crippen molar-refractivity contribution in [3.05, 3.63) is 29.3 Å². The highest BCUT2D eigenvalue weighted by Crippen LogP contribution is 2.18. The Morgan fingerprint density at radius 3 is 2.57 bits per heavy atom. The lowest BCUT2D eigenvalue weighted by Crippen LogP contribution is -2.37. The van der Waals surface area contributed by atoms with Crippen molar-refractivity contribution in [2.75, 3.05) is 19.0 Å². The Hall–Kier alpha value is -2.22. The Morgan fingerprint density at radius 2 is 2.00 bits per heavy atom. The minimum Gasteiger partial charge on any atom is -0.481 e. The summed E-state index contributed by atoms with van der Waals surface area (Å²) >= 11 is 0. The highest BCUT2D eigenvalue weighted by atomic mass is 19.1. The van der Waals surface area contributed by atoms with E-state index in [1.807, 2.05) is 0 Å². The molecule has 1 aromatic rings. The third-order valence-corrected chi connectivity index (χ3v) is 2.72. The Labute approximate surface area is 120 Å². The number of anilines is 1. The van der Waals surface area contributed by atoms with Crippen LogP contribution in [0.1, 0.15) is 12.0 Å². The predicted octanol–water partition coefficient (Wildman–Crippen LogP) is 1.88. The van der Waals surface area contributed by atoms with Gasteiger partial charge in [-0.05, 0) is 18.6 Å². The molecule has 0 heterocycles. The van der Waals surface area contributed by atoms with E-state index in [0.29, 0.717) is 0 Å². The third-order valence-electron chi connectivity index (χ3n) is 2.72. The molecule has 8 heteroatoms. The first-order chi connectivity index (χ1) is 9.83. The maximum Gasteiger partial charge on any atom is 0.319 e. The molecule has 1 aromatic carbocycles. The predicted molar refractivity (Wildman–Crippen MR) is 71.2 cm³/mol. The molecule has 0 aliphatic rings. The zero-order valence-electron chi connectivity index (χ0n) is 11.6. The molecule has 1 atom stereocenters. The van der Waals surface area contributed by atoms with Crippen LogP contribution >= 0.6 is 0 Å². The summed E-state index contributed by atoms with van der Waals surface area (Å²) in [6.45, 7) is 1.32. The highest BCUT2D eigenvalue weighted by molar-refractivity contribution is 5.89. The molecule has 1 unspecified atom stereocenters. The van der Waals surface area contributed by atoms with E-state index < -0.39 is 29.7 Å². The number of aryl methyl sites for hydroxylation is 1. The Morgan fingerprint density at radius 1 is 1.33 bits per heavy atom. The van der Waals surface area contributed by atoms with E-state index in [4.69, 9.17) is 9.84 Å². The number of ether oxygens (including phenoxy) is 1. The number of nitrogens with one attached hydrogen (secondary N) is 2. The van der Waals surface area contributed by atoms with Crippen molar-refractivity contribution in [1.82, 2.24) is 5.32 Å². The number of benzene rings is 1. The molecule has 0 saturated heterocycles. The van der Waals surface area contributed by atoms with Crippen LogP contribution in [0.3, 0.4) is 0 Å². The lowest BCUT2D eigenvalue weighted by molar-refractivity contribution is -0.139. The second-order valence-electron chi connectivity index (χ2n) is 4.37. The van der Waals surface area contributed by atoms with Crippen LogP contribution in [0.15, 0.2) is 12.1 Å². The Balaban J connectivity index is 2.58. The van der Waals surface area contributed by atoms with Gasteiger partial charge in [0.05, 0.1) is 18.2 Å². The molecule has 0 radical (unpaired) electrons. The number of carboxylic acids is 1. The molecule has 3 N–H and O–H groups in total. The number of carbonyl (C=O) groups is 2. The van der Waals surface area contributed by atoms with Crippen molar-refractivity contribution in [2.24, 2.45) is 0 Å². The fourth-order valence-corrected chi connectivity index (χ4v) is 1.55. The smallest absolute Gasteiger partial charge is 0.319 e. The van der Waals surface area contributed by atoms with Crippen molar-refractivity contribution in [3.8, 4) is 0 Å². The van der Waals surface area contributed by atoms with Crippen LogP contribution in [0.5, 0.6) is 0 Å². The molecule has 6 nitrogen and oxygen atoms in total. The summed E-state index contributed by atoms with van der Waals surface area (Å²) in [6, 6.07) is 1.05. The molecule has 0 saturated carbocycles. The van der Waals surface area contributed by atoms with Crippen LogP contribution in [0.2, 0.25) is 0 Å². The summed E-state index contributed by atoms with van der Waals surface area (Å²) in [5.41, 5.74) is -0.179. The van der Waals surface area contributed by atoms with E-state index in [9.17, 15) is 18.4 Å². The topological polar surface area (TPSA) is 87.7 Å². The van der Waals surface area contributed by atoms with Gasteiger partial charge in [0.2, 0.25) is 0 Å². The Bertz CT molecular complexity index is 537. The molecule has 0 aliphatic carbocycles. The first-order valence-electron chi connectivity index (χ1n) is 6.08. The quantitative estimate of drug-likeness (QED) is 0.749. The first kappa shape index (κ1) is 16.8. The standard InChI is InChI=1S/C13H16F2N2O4/c1-7-3-10(15)11(5-9(7)14)17-13(20)16-6-8(21-2)4-12(18)19/h3,5,8H,4,6H2,1-2H3,(H,18,19)(H2,16,17,20). The van der Waals surface area contributed by atoms with Gasteiger partial charge in [-0.1, -0.05) is 0 Å². The minimum absolute atomic E-state index is 0.0788. The van der Waals surface area contributed by atoms with Crippen LogP contribution in [-0.4, -0.2) is 36.9 Å². The van der Waals surface area contributed by atoms with Gasteiger partial charge < -0.3 is 20.5 Å². The van der Waals surface area contributed by atoms with Crippen molar-refractivity contribution in [3.63, 3.8) is 0 Å². The summed E-state index contributed by atoms with van der Waals surface area (Å²) in [5.74, 6) is -2.49. The van der Waals surface area contributed by atoms with Gasteiger partial charge in [0.25, 0.3) is 0 Å². The summed E-state index contributed by atoms with van der Waals surface area (Å²) < 4.78 is 31.7. The van der Waals surface area contributed by atoms with Gasteiger partial charge in [-0.25, -0.2) is 13.6 Å². The van der Waals surface area contributed by atoms with E-state index in [1.54, 1.807) is 0 Å². The Kier molecular flexibility index (Phi) is 6.04. The summed E-state index contributed by atoms with van der Waals surface area (Å²) in [5, 5.41) is 13.1. The van der Waals surface area contributed by atoms with E-state index in [2.05, 4.69) is 10.6 Å². The number of methoxy groups -OCH3 is 1. The second kappa shape index (κ2) is 7.53. The van der Waals surface area contributed by atoms with Crippen molar-refractivity contribution in [2.45, 2.75) is 19.4 Å². The van der Waals surface area contributed by atoms with Gasteiger partial charge in [-0.2, -0.15) is 0 Å². The summed E-state index contributed by atoms with van der Waals surface area (Å²) in [7, 11) is 1.31. The molecule has 116 valence electrons. The SMILES string of the molecule is COC(CNC(=O)Nc1cc(F)c(C)cc1F)CC(=O)O. The van der Waals surface area contributed by atoms with Gasteiger partial charge in [0.15, 0.2) is 0 Å². The van der Waals surface area contributed by atoms with E-state index in [-0.39, 0.29) is 24.2 Å². The molecule has 0 aromatic heterocycles. The zero-order chi connectivity index (χ0) is 16.0. The normalized spacial score (nSPS) is 11.8. The van der Waals surface area contributed by atoms with Crippen LogP contribution in [0.4, 0.5) is 19.3 Å². The number of rotatable bonds is 6. The summed E-state index contributed by atoms with van der Waals surface area (Å²) in [6.07, 6.45) is -1.00. The van der Waals surface area contributed by atoms with Gasteiger partial charge in [-0.15, -0.1) is 0 Å². The largest absolute Gasteiger partial charge is 0.481 e. The molecule has 0 fully saturated rings. The molecule has 0 bridgehead atoms. The van der Waals surface area contributed by atoms with Gasteiger partial charge >= 0.3 is 12.0 Å². The number of urea groups is 1.